The molecule has 14 heavy (non-hydrogen) atoms. The second-order valence-electron chi connectivity index (χ2n) is 3.70. The smallest absolute Gasteiger partial charge is 0.321 e. The first-order valence-corrected chi connectivity index (χ1v) is 4.61. The average molecular weight is 204 g/mol. The van der Waals surface area contributed by atoms with Gasteiger partial charge >= 0.3 is 6.18 Å². The molecule has 0 radical (unpaired) electrons. The molecule has 0 unspecified atom stereocenters. The molecule has 0 aromatic carbocycles. The topological polar surface area (TPSA) is 17.8 Å². The highest BCUT2D eigenvalue weighted by atomic mass is 19.4. The first-order valence-electron chi connectivity index (χ1n) is 4.61. The molecule has 2 rings (SSSR count). The Morgan fingerprint density at radius 1 is 1.50 bits per heavy atom. The maximum Gasteiger partial charge on any atom is 0.449 e. The predicted molar refractivity (Wildman–Crippen MR) is 44.7 cm³/mol. The van der Waals surface area contributed by atoms with Gasteiger partial charge in [0.1, 0.15) is 0 Å². The van der Waals surface area contributed by atoms with E-state index in [1.807, 2.05) is 6.92 Å². The fraction of sp³-hybridized carbons (Fsp3) is 0.667. The summed E-state index contributed by atoms with van der Waals surface area (Å²) in [5, 5.41) is 0. The molecule has 1 aliphatic rings. The Balaban J connectivity index is 2.40. The molecule has 5 heteroatoms. The summed E-state index contributed by atoms with van der Waals surface area (Å²) in [4.78, 5) is 3.38. The SMILES string of the molecule is CCC1(n2ccnc2C(F)(F)F)CC1. The predicted octanol–water partition coefficient (Wildman–Crippen LogP) is 2.80. The molecule has 1 aliphatic carbocycles. The monoisotopic (exact) mass is 204 g/mol. The van der Waals surface area contributed by atoms with Crippen LogP contribution in [0.4, 0.5) is 13.2 Å². The second kappa shape index (κ2) is 2.74. The Kier molecular flexibility index (Phi) is 1.87. The van der Waals surface area contributed by atoms with Crippen molar-refractivity contribution in [3.8, 4) is 0 Å². The molecule has 0 amide bonds. The van der Waals surface area contributed by atoms with Gasteiger partial charge in [0.25, 0.3) is 0 Å². The van der Waals surface area contributed by atoms with E-state index in [4.69, 9.17) is 0 Å². The zero-order valence-corrected chi connectivity index (χ0v) is 7.80. The third kappa shape index (κ3) is 1.31. The largest absolute Gasteiger partial charge is 0.449 e. The summed E-state index contributed by atoms with van der Waals surface area (Å²) in [6.45, 7) is 1.91. The van der Waals surface area contributed by atoms with E-state index in [-0.39, 0.29) is 5.54 Å². The minimum Gasteiger partial charge on any atom is -0.321 e. The molecule has 2 nitrogen and oxygen atoms in total. The van der Waals surface area contributed by atoms with Crippen LogP contribution in [-0.2, 0) is 11.7 Å². The maximum absolute atomic E-state index is 12.5. The van der Waals surface area contributed by atoms with Crippen LogP contribution in [0.25, 0.3) is 0 Å². The second-order valence-corrected chi connectivity index (χ2v) is 3.70. The van der Waals surface area contributed by atoms with Crippen molar-refractivity contribution < 1.29 is 13.2 Å². The molecular weight excluding hydrogens is 193 g/mol. The van der Waals surface area contributed by atoms with Crippen molar-refractivity contribution in [2.24, 2.45) is 0 Å². The van der Waals surface area contributed by atoms with E-state index in [0.29, 0.717) is 0 Å². The molecule has 0 aliphatic heterocycles. The minimum absolute atomic E-state index is 0.304. The highest BCUT2D eigenvalue weighted by molar-refractivity contribution is 5.09. The van der Waals surface area contributed by atoms with Gasteiger partial charge in [0.05, 0.1) is 0 Å². The van der Waals surface area contributed by atoms with Crippen molar-refractivity contribution in [1.29, 1.82) is 0 Å². The summed E-state index contributed by atoms with van der Waals surface area (Å²) in [7, 11) is 0. The standard InChI is InChI=1S/C9H11F3N2/c1-2-8(3-4-8)14-6-5-13-7(14)9(10,11)12/h5-6H,2-4H2,1H3. The number of halogens is 3. The van der Waals surface area contributed by atoms with E-state index in [1.165, 1.54) is 17.0 Å². The van der Waals surface area contributed by atoms with Gasteiger partial charge < -0.3 is 4.57 Å². The third-order valence-corrected chi connectivity index (χ3v) is 2.89. The van der Waals surface area contributed by atoms with Gasteiger partial charge in [-0.25, -0.2) is 4.98 Å². The van der Waals surface area contributed by atoms with E-state index in [0.717, 1.165) is 19.3 Å². The number of rotatable bonds is 2. The van der Waals surface area contributed by atoms with E-state index < -0.39 is 12.0 Å². The summed E-state index contributed by atoms with van der Waals surface area (Å²) in [6.07, 6.45) is 0.685. The maximum atomic E-state index is 12.5. The zero-order valence-electron chi connectivity index (χ0n) is 7.80. The van der Waals surface area contributed by atoms with Crippen LogP contribution in [0.3, 0.4) is 0 Å². The molecule has 0 spiro atoms. The lowest BCUT2D eigenvalue weighted by atomic mass is 10.2. The van der Waals surface area contributed by atoms with E-state index >= 15 is 0 Å². The number of nitrogens with zero attached hydrogens (tertiary/aromatic N) is 2. The Hall–Kier alpha value is -1.00. The van der Waals surface area contributed by atoms with Crippen molar-refractivity contribution in [2.75, 3.05) is 0 Å². The van der Waals surface area contributed by atoms with Crippen LogP contribution >= 0.6 is 0 Å². The summed E-state index contributed by atoms with van der Waals surface area (Å²) in [6, 6.07) is 0. The van der Waals surface area contributed by atoms with E-state index in [1.54, 1.807) is 0 Å². The lowest BCUT2D eigenvalue weighted by molar-refractivity contribution is -0.148. The molecule has 1 aromatic heterocycles. The molecule has 0 bridgehead atoms. The third-order valence-electron chi connectivity index (χ3n) is 2.89. The van der Waals surface area contributed by atoms with Gasteiger partial charge in [0.15, 0.2) is 0 Å². The molecule has 1 aromatic rings. The number of hydrogen-bond acceptors (Lipinski definition) is 1. The van der Waals surface area contributed by atoms with Crippen LogP contribution in [0.2, 0.25) is 0 Å². The molecule has 1 heterocycles. The van der Waals surface area contributed by atoms with Crippen molar-refractivity contribution in [3.05, 3.63) is 18.2 Å². The fourth-order valence-electron chi connectivity index (χ4n) is 1.81. The summed E-state index contributed by atoms with van der Waals surface area (Å²) in [5.41, 5.74) is -0.304. The van der Waals surface area contributed by atoms with Gasteiger partial charge in [-0.15, -0.1) is 0 Å². The first-order chi connectivity index (χ1) is 6.49. The highest BCUT2D eigenvalue weighted by Crippen LogP contribution is 2.48. The van der Waals surface area contributed by atoms with Gasteiger partial charge in [-0.2, -0.15) is 13.2 Å². The van der Waals surface area contributed by atoms with Gasteiger partial charge in [-0.3, -0.25) is 0 Å². The van der Waals surface area contributed by atoms with Crippen molar-refractivity contribution in [3.63, 3.8) is 0 Å². The molecule has 78 valence electrons. The Morgan fingerprint density at radius 2 is 2.14 bits per heavy atom. The van der Waals surface area contributed by atoms with Crippen LogP contribution in [-0.4, -0.2) is 9.55 Å². The van der Waals surface area contributed by atoms with Crippen LogP contribution in [0.15, 0.2) is 12.4 Å². The fourth-order valence-corrected chi connectivity index (χ4v) is 1.81. The zero-order chi connectivity index (χ0) is 10.4. The van der Waals surface area contributed by atoms with Gasteiger partial charge in [-0.05, 0) is 19.3 Å². The highest BCUT2D eigenvalue weighted by Gasteiger charge is 2.48. The van der Waals surface area contributed by atoms with Crippen molar-refractivity contribution in [1.82, 2.24) is 9.55 Å². The number of imidazole rings is 1. The van der Waals surface area contributed by atoms with Crippen molar-refractivity contribution >= 4 is 0 Å². The van der Waals surface area contributed by atoms with Crippen LogP contribution in [0.1, 0.15) is 32.0 Å². The molecular formula is C9H11F3N2. The molecule has 0 saturated heterocycles. The Labute approximate surface area is 79.8 Å². The normalized spacial score (nSPS) is 19.7. The number of aromatic nitrogens is 2. The van der Waals surface area contributed by atoms with E-state index in [9.17, 15) is 13.2 Å². The van der Waals surface area contributed by atoms with Crippen molar-refractivity contribution in [2.45, 2.75) is 37.9 Å². The van der Waals surface area contributed by atoms with Gasteiger partial charge in [0, 0.05) is 17.9 Å². The molecule has 1 saturated carbocycles. The van der Waals surface area contributed by atoms with Crippen LogP contribution < -0.4 is 0 Å². The summed E-state index contributed by atoms with van der Waals surface area (Å²) in [5.74, 6) is -0.767. The lowest BCUT2D eigenvalue weighted by Gasteiger charge is -2.18. The van der Waals surface area contributed by atoms with E-state index in [2.05, 4.69) is 4.98 Å². The van der Waals surface area contributed by atoms with Gasteiger partial charge in [-0.1, -0.05) is 6.92 Å². The quantitative estimate of drug-likeness (QED) is 0.724. The average Bonchev–Trinajstić information content (AvgIpc) is 2.72. The lowest BCUT2D eigenvalue weighted by Crippen LogP contribution is -2.23. The summed E-state index contributed by atoms with van der Waals surface area (Å²) >= 11 is 0. The summed E-state index contributed by atoms with van der Waals surface area (Å²) < 4.78 is 38.8. The first kappa shape index (κ1) is 9.55. The minimum atomic E-state index is -4.34. The Bertz CT molecular complexity index is 336. The Morgan fingerprint density at radius 3 is 2.57 bits per heavy atom. The van der Waals surface area contributed by atoms with Gasteiger partial charge in [0.2, 0.25) is 5.82 Å². The number of alkyl halides is 3. The number of hydrogen-bond donors (Lipinski definition) is 0. The molecule has 0 N–H and O–H groups in total. The molecule has 1 fully saturated rings. The molecule has 0 atom stereocenters. The van der Waals surface area contributed by atoms with Crippen LogP contribution in [0, 0.1) is 0 Å². The van der Waals surface area contributed by atoms with Crippen LogP contribution in [0.5, 0.6) is 0 Å².